The lowest BCUT2D eigenvalue weighted by Gasteiger charge is -2.38. The summed E-state index contributed by atoms with van der Waals surface area (Å²) in [5.41, 5.74) is 1.58. The van der Waals surface area contributed by atoms with Crippen LogP contribution in [0.15, 0.2) is 30.5 Å². The molecule has 98 valence electrons. The third-order valence-corrected chi connectivity index (χ3v) is 3.51. The van der Waals surface area contributed by atoms with Gasteiger partial charge in [0.05, 0.1) is 6.42 Å². The van der Waals surface area contributed by atoms with Crippen molar-refractivity contribution in [1.29, 1.82) is 0 Å². The normalized spacial score (nSPS) is 15.5. The first-order chi connectivity index (χ1) is 9.13. The van der Waals surface area contributed by atoms with Gasteiger partial charge in [-0.25, -0.2) is 0 Å². The molecule has 1 aliphatic heterocycles. The fourth-order valence-electron chi connectivity index (χ4n) is 2.48. The van der Waals surface area contributed by atoms with Crippen LogP contribution in [0, 0.1) is 5.92 Å². The lowest BCUT2D eigenvalue weighted by atomic mass is 9.95. The van der Waals surface area contributed by atoms with Crippen molar-refractivity contribution in [2.24, 2.45) is 5.92 Å². The largest absolute Gasteiger partial charge is 0.481 e. The smallest absolute Gasteiger partial charge is 0.303 e. The van der Waals surface area contributed by atoms with Gasteiger partial charge in [0.2, 0.25) is 0 Å². The number of rotatable bonds is 3. The number of H-pyrrole nitrogens is 1. The Balaban J connectivity index is 1.69. The third-order valence-electron chi connectivity index (χ3n) is 3.51. The molecule has 3 rings (SSSR count). The minimum atomic E-state index is -0.801. The highest BCUT2D eigenvalue weighted by atomic mass is 16.4. The molecule has 0 spiro atoms. The summed E-state index contributed by atoms with van der Waals surface area (Å²) in [4.78, 5) is 27.5. The van der Waals surface area contributed by atoms with Gasteiger partial charge in [-0.1, -0.05) is 6.07 Å². The number of hydrogen-bond acceptors (Lipinski definition) is 2. The predicted molar refractivity (Wildman–Crippen MR) is 69.9 cm³/mol. The van der Waals surface area contributed by atoms with Crippen LogP contribution in [0.5, 0.6) is 0 Å². The van der Waals surface area contributed by atoms with E-state index in [1.54, 1.807) is 4.90 Å². The van der Waals surface area contributed by atoms with Crippen molar-refractivity contribution < 1.29 is 14.7 Å². The standard InChI is InChI=1S/C14H14N2O3/c17-13(18)5-9-7-16(8-9)14(19)11-2-1-10-3-4-15-12(10)6-11/h1-4,6,9,15H,5,7-8H2,(H,17,18). The van der Waals surface area contributed by atoms with Gasteiger partial charge in [0, 0.05) is 36.3 Å². The fourth-order valence-corrected chi connectivity index (χ4v) is 2.48. The second-order valence-corrected chi connectivity index (χ2v) is 4.95. The van der Waals surface area contributed by atoms with E-state index >= 15 is 0 Å². The fraction of sp³-hybridized carbons (Fsp3) is 0.286. The number of nitrogens with zero attached hydrogens (tertiary/aromatic N) is 1. The van der Waals surface area contributed by atoms with Crippen molar-refractivity contribution in [3.8, 4) is 0 Å². The van der Waals surface area contributed by atoms with Crippen LogP contribution >= 0.6 is 0 Å². The Morgan fingerprint density at radius 2 is 2.11 bits per heavy atom. The summed E-state index contributed by atoms with van der Waals surface area (Å²) in [5, 5.41) is 9.75. The van der Waals surface area contributed by atoms with Gasteiger partial charge < -0.3 is 15.0 Å². The summed E-state index contributed by atoms with van der Waals surface area (Å²) in [6.45, 7) is 1.07. The van der Waals surface area contributed by atoms with Crippen LogP contribution in [-0.2, 0) is 4.79 Å². The number of hydrogen-bond donors (Lipinski definition) is 2. The van der Waals surface area contributed by atoms with Crippen LogP contribution in [0.4, 0.5) is 0 Å². The van der Waals surface area contributed by atoms with E-state index in [1.807, 2.05) is 30.5 Å². The number of likely N-dealkylation sites (tertiary alicyclic amines) is 1. The summed E-state index contributed by atoms with van der Waals surface area (Å²) < 4.78 is 0. The molecule has 0 atom stereocenters. The molecule has 2 heterocycles. The van der Waals surface area contributed by atoms with Crippen LogP contribution < -0.4 is 0 Å². The molecule has 0 radical (unpaired) electrons. The molecule has 1 saturated heterocycles. The Bertz CT molecular complexity index is 641. The van der Waals surface area contributed by atoms with E-state index in [2.05, 4.69) is 4.98 Å². The van der Waals surface area contributed by atoms with Crippen LogP contribution in [0.25, 0.3) is 10.9 Å². The molecule has 5 heteroatoms. The number of carbonyl (C=O) groups excluding carboxylic acids is 1. The lowest BCUT2D eigenvalue weighted by molar-refractivity contribution is -0.139. The maximum Gasteiger partial charge on any atom is 0.303 e. The number of carboxylic acid groups (broad SMARTS) is 1. The van der Waals surface area contributed by atoms with E-state index in [4.69, 9.17) is 5.11 Å². The molecule has 1 aliphatic rings. The number of aliphatic carboxylic acids is 1. The molecule has 1 amide bonds. The van der Waals surface area contributed by atoms with E-state index in [0.29, 0.717) is 18.7 Å². The van der Waals surface area contributed by atoms with Crippen molar-refractivity contribution in [1.82, 2.24) is 9.88 Å². The van der Waals surface area contributed by atoms with Crippen molar-refractivity contribution in [2.75, 3.05) is 13.1 Å². The maximum atomic E-state index is 12.2. The monoisotopic (exact) mass is 258 g/mol. The molecular formula is C14H14N2O3. The number of fused-ring (bicyclic) bond motifs is 1. The average Bonchev–Trinajstić information content (AvgIpc) is 2.79. The molecule has 19 heavy (non-hydrogen) atoms. The molecule has 0 unspecified atom stereocenters. The van der Waals surface area contributed by atoms with E-state index in [-0.39, 0.29) is 18.2 Å². The molecule has 1 aromatic carbocycles. The number of benzene rings is 1. The van der Waals surface area contributed by atoms with Gasteiger partial charge in [0.1, 0.15) is 0 Å². The number of amides is 1. The van der Waals surface area contributed by atoms with Crippen molar-refractivity contribution in [2.45, 2.75) is 6.42 Å². The molecule has 1 fully saturated rings. The topological polar surface area (TPSA) is 73.4 Å². The Morgan fingerprint density at radius 1 is 1.32 bits per heavy atom. The van der Waals surface area contributed by atoms with Crippen LogP contribution in [-0.4, -0.2) is 40.0 Å². The van der Waals surface area contributed by atoms with E-state index in [0.717, 1.165) is 10.9 Å². The van der Waals surface area contributed by atoms with Gasteiger partial charge in [-0.15, -0.1) is 0 Å². The first kappa shape index (κ1) is 11.8. The van der Waals surface area contributed by atoms with Gasteiger partial charge in [-0.3, -0.25) is 9.59 Å². The number of aromatic amines is 1. The highest BCUT2D eigenvalue weighted by molar-refractivity contribution is 5.98. The molecular weight excluding hydrogens is 244 g/mol. The summed E-state index contributed by atoms with van der Waals surface area (Å²) in [6, 6.07) is 7.51. The van der Waals surface area contributed by atoms with Crippen molar-refractivity contribution in [3.63, 3.8) is 0 Å². The highest BCUT2D eigenvalue weighted by Crippen LogP contribution is 2.23. The van der Waals surface area contributed by atoms with Gasteiger partial charge in [0.15, 0.2) is 0 Å². The van der Waals surface area contributed by atoms with Gasteiger partial charge >= 0.3 is 5.97 Å². The molecule has 0 bridgehead atoms. The van der Waals surface area contributed by atoms with E-state index < -0.39 is 5.97 Å². The van der Waals surface area contributed by atoms with Crippen molar-refractivity contribution in [3.05, 3.63) is 36.0 Å². The highest BCUT2D eigenvalue weighted by Gasteiger charge is 2.32. The summed E-state index contributed by atoms with van der Waals surface area (Å²) in [7, 11) is 0. The first-order valence-electron chi connectivity index (χ1n) is 6.21. The van der Waals surface area contributed by atoms with E-state index in [9.17, 15) is 9.59 Å². The summed E-state index contributed by atoms with van der Waals surface area (Å²) in [6.07, 6.45) is 1.98. The Morgan fingerprint density at radius 3 is 2.84 bits per heavy atom. The minimum Gasteiger partial charge on any atom is -0.481 e. The quantitative estimate of drug-likeness (QED) is 0.880. The van der Waals surface area contributed by atoms with Gasteiger partial charge in [-0.2, -0.15) is 0 Å². The number of nitrogens with one attached hydrogen (secondary N) is 1. The van der Waals surface area contributed by atoms with E-state index in [1.165, 1.54) is 0 Å². The van der Waals surface area contributed by atoms with Gasteiger partial charge in [-0.05, 0) is 23.6 Å². The lowest BCUT2D eigenvalue weighted by Crippen LogP contribution is -2.50. The van der Waals surface area contributed by atoms with Crippen LogP contribution in [0.1, 0.15) is 16.8 Å². The van der Waals surface area contributed by atoms with Crippen molar-refractivity contribution >= 4 is 22.8 Å². The Hall–Kier alpha value is -2.30. The van der Waals surface area contributed by atoms with Crippen LogP contribution in [0.2, 0.25) is 0 Å². The number of carboxylic acids is 1. The molecule has 2 N–H and O–H groups in total. The zero-order chi connectivity index (χ0) is 13.4. The predicted octanol–water partition coefficient (Wildman–Crippen LogP) is 1.71. The molecule has 2 aromatic rings. The second kappa shape index (κ2) is 4.42. The van der Waals surface area contributed by atoms with Gasteiger partial charge in [0.25, 0.3) is 5.91 Å². The Labute approximate surface area is 109 Å². The molecule has 1 aromatic heterocycles. The first-order valence-corrected chi connectivity index (χ1v) is 6.21. The third kappa shape index (κ3) is 2.19. The molecule has 5 nitrogen and oxygen atoms in total. The SMILES string of the molecule is O=C(O)CC1CN(C(=O)c2ccc3cc[nH]c3c2)C1. The molecule has 0 saturated carbocycles. The summed E-state index contributed by atoms with van der Waals surface area (Å²) >= 11 is 0. The average molecular weight is 258 g/mol. The number of aromatic nitrogens is 1. The zero-order valence-corrected chi connectivity index (χ0v) is 10.3. The summed E-state index contributed by atoms with van der Waals surface area (Å²) in [5.74, 6) is -0.737. The maximum absolute atomic E-state index is 12.2. The zero-order valence-electron chi connectivity index (χ0n) is 10.3. The Kier molecular flexibility index (Phi) is 2.74. The minimum absolute atomic E-state index is 0.0295. The molecule has 0 aliphatic carbocycles. The second-order valence-electron chi connectivity index (χ2n) is 4.95. The van der Waals surface area contributed by atoms with Crippen LogP contribution in [0.3, 0.4) is 0 Å². The number of carbonyl (C=O) groups is 2.